The highest BCUT2D eigenvalue weighted by molar-refractivity contribution is 5.84. The number of fused-ring (bicyclic) bond motifs is 1. The SMILES string of the molecule is Cc1cccc(Oc2coc3cc(OCc4ccc(C(=O)O)o4)ccc3c2=O)c1. The number of carbonyl (C=O) groups is 1. The fraction of sp³-hybridized carbons (Fsp3) is 0.0909. The highest BCUT2D eigenvalue weighted by Crippen LogP contribution is 2.25. The quantitative estimate of drug-likeness (QED) is 0.505. The molecule has 0 saturated heterocycles. The van der Waals surface area contributed by atoms with E-state index in [4.69, 9.17) is 23.4 Å². The van der Waals surface area contributed by atoms with Gasteiger partial charge in [-0.05, 0) is 48.9 Å². The van der Waals surface area contributed by atoms with Crippen LogP contribution in [0.3, 0.4) is 0 Å². The molecule has 0 spiro atoms. The number of hydrogen-bond acceptors (Lipinski definition) is 6. The number of rotatable bonds is 6. The summed E-state index contributed by atoms with van der Waals surface area (Å²) in [5.74, 6) is 0.151. The molecule has 2 aromatic carbocycles. The number of aromatic carboxylic acids is 1. The lowest BCUT2D eigenvalue weighted by molar-refractivity contribution is 0.0658. The molecule has 2 aromatic heterocycles. The zero-order valence-corrected chi connectivity index (χ0v) is 15.4. The number of aryl methyl sites for hydroxylation is 1. The van der Waals surface area contributed by atoms with E-state index in [9.17, 15) is 9.59 Å². The molecule has 0 fully saturated rings. The van der Waals surface area contributed by atoms with Gasteiger partial charge in [0.2, 0.25) is 16.9 Å². The van der Waals surface area contributed by atoms with Crippen LogP contribution in [0, 0.1) is 6.92 Å². The van der Waals surface area contributed by atoms with Crippen molar-refractivity contribution in [2.75, 3.05) is 0 Å². The third kappa shape index (κ3) is 3.98. The maximum atomic E-state index is 12.7. The summed E-state index contributed by atoms with van der Waals surface area (Å²) in [6.45, 7) is 1.97. The number of carboxylic acids is 1. The highest BCUT2D eigenvalue weighted by atomic mass is 16.5. The predicted octanol–water partition coefficient (Wildman–Crippen LogP) is 4.76. The van der Waals surface area contributed by atoms with Crippen LogP contribution in [0.1, 0.15) is 21.9 Å². The lowest BCUT2D eigenvalue weighted by Crippen LogP contribution is -2.05. The zero-order chi connectivity index (χ0) is 20.4. The molecule has 1 N–H and O–H groups in total. The van der Waals surface area contributed by atoms with Gasteiger partial charge in [-0.1, -0.05) is 12.1 Å². The van der Waals surface area contributed by atoms with E-state index in [-0.39, 0.29) is 23.5 Å². The fourth-order valence-electron chi connectivity index (χ4n) is 2.78. The molecule has 29 heavy (non-hydrogen) atoms. The monoisotopic (exact) mass is 392 g/mol. The van der Waals surface area contributed by atoms with E-state index in [1.54, 1.807) is 24.3 Å². The van der Waals surface area contributed by atoms with Crippen molar-refractivity contribution < 1.29 is 28.2 Å². The molecule has 7 nitrogen and oxygen atoms in total. The summed E-state index contributed by atoms with van der Waals surface area (Å²) in [5, 5.41) is 9.23. The molecule has 2 heterocycles. The standard InChI is InChI=1S/C22H16O7/c1-13-3-2-4-15(9-13)28-20-12-27-19-10-14(5-7-17(19)21(20)23)26-11-16-6-8-18(29-16)22(24)25/h2-10,12H,11H2,1H3,(H,24,25). The second-order valence-corrected chi connectivity index (χ2v) is 6.37. The van der Waals surface area contributed by atoms with Gasteiger partial charge in [-0.25, -0.2) is 4.79 Å². The Balaban J connectivity index is 1.53. The number of benzene rings is 2. The Morgan fingerprint density at radius 2 is 1.93 bits per heavy atom. The van der Waals surface area contributed by atoms with Crippen molar-refractivity contribution in [3.63, 3.8) is 0 Å². The van der Waals surface area contributed by atoms with E-state index in [0.717, 1.165) is 5.56 Å². The second-order valence-electron chi connectivity index (χ2n) is 6.37. The molecule has 0 saturated carbocycles. The molecule has 0 aliphatic heterocycles. The molecule has 0 radical (unpaired) electrons. The van der Waals surface area contributed by atoms with Gasteiger partial charge in [-0.15, -0.1) is 0 Å². The highest BCUT2D eigenvalue weighted by Gasteiger charge is 2.12. The normalized spacial score (nSPS) is 10.8. The Bertz CT molecular complexity index is 1250. The van der Waals surface area contributed by atoms with Gasteiger partial charge in [-0.3, -0.25) is 4.79 Å². The van der Waals surface area contributed by atoms with Gasteiger partial charge in [0, 0.05) is 6.07 Å². The smallest absolute Gasteiger partial charge is 0.371 e. The summed E-state index contributed by atoms with van der Waals surface area (Å²) in [6.07, 6.45) is 1.27. The van der Waals surface area contributed by atoms with Gasteiger partial charge in [-0.2, -0.15) is 0 Å². The van der Waals surface area contributed by atoms with Crippen LogP contribution in [0.4, 0.5) is 0 Å². The first-order valence-electron chi connectivity index (χ1n) is 8.74. The van der Waals surface area contributed by atoms with Crippen LogP contribution in [0.2, 0.25) is 0 Å². The van der Waals surface area contributed by atoms with Gasteiger partial charge in [0.15, 0.2) is 0 Å². The first-order valence-corrected chi connectivity index (χ1v) is 8.74. The molecule has 0 unspecified atom stereocenters. The molecule has 0 amide bonds. The average Bonchev–Trinajstić information content (AvgIpc) is 3.18. The minimum absolute atomic E-state index is 0.0393. The Labute approximate surface area is 164 Å². The minimum atomic E-state index is -1.15. The van der Waals surface area contributed by atoms with Gasteiger partial charge in [0.25, 0.3) is 0 Å². The lowest BCUT2D eigenvalue weighted by Gasteiger charge is -2.08. The van der Waals surface area contributed by atoms with E-state index >= 15 is 0 Å². The van der Waals surface area contributed by atoms with E-state index in [2.05, 4.69) is 0 Å². The van der Waals surface area contributed by atoms with Crippen LogP contribution < -0.4 is 14.9 Å². The van der Waals surface area contributed by atoms with Crippen molar-refractivity contribution in [2.45, 2.75) is 13.5 Å². The van der Waals surface area contributed by atoms with E-state index in [1.165, 1.54) is 18.4 Å². The zero-order valence-electron chi connectivity index (χ0n) is 15.4. The molecule has 0 atom stereocenters. The number of ether oxygens (including phenoxy) is 2. The molecule has 0 aliphatic rings. The molecule has 4 aromatic rings. The van der Waals surface area contributed by atoms with Crippen LogP contribution in [-0.4, -0.2) is 11.1 Å². The molecule has 0 bridgehead atoms. The molecule has 0 aliphatic carbocycles. The summed E-state index contributed by atoms with van der Waals surface area (Å²) < 4.78 is 21.9. The van der Waals surface area contributed by atoms with E-state index < -0.39 is 5.97 Å². The fourth-order valence-corrected chi connectivity index (χ4v) is 2.78. The molecular weight excluding hydrogens is 376 g/mol. The third-order valence-corrected chi connectivity index (χ3v) is 4.19. The van der Waals surface area contributed by atoms with Crippen LogP contribution in [0.25, 0.3) is 11.0 Å². The van der Waals surface area contributed by atoms with Crippen LogP contribution in [0.15, 0.2) is 74.5 Å². The Morgan fingerprint density at radius 3 is 2.69 bits per heavy atom. The Hall–Kier alpha value is -4.00. The van der Waals surface area contributed by atoms with Crippen molar-refractivity contribution in [1.29, 1.82) is 0 Å². The van der Waals surface area contributed by atoms with Crippen molar-refractivity contribution in [2.24, 2.45) is 0 Å². The summed E-state index contributed by atoms with van der Waals surface area (Å²) in [6, 6.07) is 15.0. The minimum Gasteiger partial charge on any atom is -0.486 e. The topological polar surface area (TPSA) is 99.1 Å². The number of carboxylic acid groups (broad SMARTS) is 1. The van der Waals surface area contributed by atoms with Crippen LogP contribution >= 0.6 is 0 Å². The summed E-state index contributed by atoms with van der Waals surface area (Å²) in [7, 11) is 0. The maximum Gasteiger partial charge on any atom is 0.371 e. The first kappa shape index (κ1) is 18.4. The van der Waals surface area contributed by atoms with Crippen molar-refractivity contribution >= 4 is 16.9 Å². The van der Waals surface area contributed by atoms with Crippen molar-refractivity contribution in [1.82, 2.24) is 0 Å². The van der Waals surface area contributed by atoms with Gasteiger partial charge < -0.3 is 23.4 Å². The van der Waals surface area contributed by atoms with Gasteiger partial charge in [0.1, 0.15) is 35.7 Å². The van der Waals surface area contributed by atoms with Gasteiger partial charge >= 0.3 is 5.97 Å². The van der Waals surface area contributed by atoms with E-state index in [1.807, 2.05) is 25.1 Å². The van der Waals surface area contributed by atoms with Crippen molar-refractivity contribution in [3.05, 3.63) is 88.2 Å². The summed E-state index contributed by atoms with van der Waals surface area (Å²) in [4.78, 5) is 23.5. The second kappa shape index (κ2) is 7.55. The van der Waals surface area contributed by atoms with Crippen molar-refractivity contribution in [3.8, 4) is 17.2 Å². The first-order chi connectivity index (χ1) is 14.0. The van der Waals surface area contributed by atoms with Crippen LogP contribution in [0.5, 0.6) is 17.2 Å². The summed E-state index contributed by atoms with van der Waals surface area (Å²) >= 11 is 0. The number of hydrogen-bond donors (Lipinski definition) is 1. The van der Waals surface area contributed by atoms with Crippen LogP contribution in [-0.2, 0) is 6.61 Å². The number of furan rings is 1. The lowest BCUT2D eigenvalue weighted by atomic mass is 10.2. The van der Waals surface area contributed by atoms with Gasteiger partial charge in [0.05, 0.1) is 5.39 Å². The average molecular weight is 392 g/mol. The summed E-state index contributed by atoms with van der Waals surface area (Å²) in [5.41, 5.74) is 1.06. The maximum absolute atomic E-state index is 12.7. The molecule has 7 heteroatoms. The molecule has 4 rings (SSSR count). The molecule has 146 valence electrons. The largest absolute Gasteiger partial charge is 0.486 e. The Morgan fingerprint density at radius 1 is 1.07 bits per heavy atom. The molecular formula is C22H16O7. The predicted molar refractivity (Wildman–Crippen MR) is 104 cm³/mol. The third-order valence-electron chi connectivity index (χ3n) is 4.19. The Kier molecular flexibility index (Phi) is 4.78. The van der Waals surface area contributed by atoms with E-state index in [0.29, 0.717) is 28.2 Å².